The first-order chi connectivity index (χ1) is 16.2. The molecule has 0 spiro atoms. The molecule has 1 saturated heterocycles. The molecule has 3 aromatic rings. The number of rotatable bonds is 5. The number of anilines is 1. The molecule has 4 rings (SSSR count). The highest BCUT2D eigenvalue weighted by atomic mass is 19.4. The SMILES string of the molecule is CCN1CCN(C(c2ccc(C(F)(F)F)cc2)c2cc(NC(C)=O)c3cccnc3c2O)CC1. The Bertz CT molecular complexity index is 1170. The second-order valence-corrected chi connectivity index (χ2v) is 8.44. The largest absolute Gasteiger partial charge is 0.505 e. The van der Waals surface area contributed by atoms with Crippen molar-refractivity contribution in [3.8, 4) is 5.75 Å². The number of phenolic OH excluding ortho intramolecular Hbond substituents is 1. The van der Waals surface area contributed by atoms with Gasteiger partial charge in [0.15, 0.2) is 0 Å². The Morgan fingerprint density at radius 1 is 1.15 bits per heavy atom. The Labute approximate surface area is 196 Å². The van der Waals surface area contributed by atoms with Gasteiger partial charge in [-0.15, -0.1) is 0 Å². The topological polar surface area (TPSA) is 68.7 Å². The quantitative estimate of drug-likeness (QED) is 0.530. The number of likely N-dealkylation sites (N-methyl/N-ethyl adjacent to an activating group) is 1. The highest BCUT2D eigenvalue weighted by molar-refractivity contribution is 6.03. The summed E-state index contributed by atoms with van der Waals surface area (Å²) < 4.78 is 39.6. The van der Waals surface area contributed by atoms with Crippen LogP contribution in [0, 0.1) is 0 Å². The zero-order valence-electron chi connectivity index (χ0n) is 19.1. The Kier molecular flexibility index (Phi) is 6.77. The molecule has 2 aromatic carbocycles. The summed E-state index contributed by atoms with van der Waals surface area (Å²) in [5.74, 6) is -0.322. The number of amides is 1. The number of pyridine rings is 1. The third-order valence-corrected chi connectivity index (χ3v) is 6.27. The molecule has 1 aliphatic rings. The average molecular weight is 473 g/mol. The van der Waals surface area contributed by atoms with Crippen LogP contribution in [0.25, 0.3) is 10.9 Å². The molecule has 6 nitrogen and oxygen atoms in total. The molecule has 1 aromatic heterocycles. The maximum Gasteiger partial charge on any atom is 0.416 e. The number of nitrogens with zero attached hydrogens (tertiary/aromatic N) is 3. The van der Waals surface area contributed by atoms with E-state index >= 15 is 0 Å². The molecule has 34 heavy (non-hydrogen) atoms. The summed E-state index contributed by atoms with van der Waals surface area (Å²) in [6, 6.07) is 9.70. The number of alkyl halides is 3. The zero-order chi connectivity index (χ0) is 24.5. The Hall–Kier alpha value is -3.17. The highest BCUT2D eigenvalue weighted by Crippen LogP contribution is 2.42. The van der Waals surface area contributed by atoms with Crippen molar-refractivity contribution in [3.05, 3.63) is 65.4 Å². The van der Waals surface area contributed by atoms with E-state index in [1.54, 1.807) is 24.4 Å². The summed E-state index contributed by atoms with van der Waals surface area (Å²) in [6.45, 7) is 7.35. The van der Waals surface area contributed by atoms with Crippen LogP contribution in [0.15, 0.2) is 48.7 Å². The summed E-state index contributed by atoms with van der Waals surface area (Å²) in [5, 5.41) is 14.6. The average Bonchev–Trinajstić information content (AvgIpc) is 2.82. The van der Waals surface area contributed by atoms with Crippen LogP contribution in [0.1, 0.15) is 36.6 Å². The van der Waals surface area contributed by atoms with Crippen LogP contribution in [0.3, 0.4) is 0 Å². The monoisotopic (exact) mass is 472 g/mol. The molecule has 1 atom stereocenters. The van der Waals surface area contributed by atoms with Crippen molar-refractivity contribution in [1.29, 1.82) is 0 Å². The number of benzene rings is 2. The first-order valence-corrected chi connectivity index (χ1v) is 11.2. The first-order valence-electron chi connectivity index (χ1n) is 11.2. The number of phenols is 1. The Balaban J connectivity index is 1.86. The zero-order valence-corrected chi connectivity index (χ0v) is 19.1. The second-order valence-electron chi connectivity index (χ2n) is 8.44. The number of fused-ring (bicyclic) bond motifs is 1. The lowest BCUT2D eigenvalue weighted by molar-refractivity contribution is -0.137. The lowest BCUT2D eigenvalue weighted by Gasteiger charge is -2.39. The third-order valence-electron chi connectivity index (χ3n) is 6.27. The molecule has 1 unspecified atom stereocenters. The predicted octanol–water partition coefficient (Wildman–Crippen LogP) is 4.64. The molecule has 2 heterocycles. The smallest absolute Gasteiger partial charge is 0.416 e. The van der Waals surface area contributed by atoms with E-state index in [0.29, 0.717) is 40.8 Å². The number of hydrogen-bond acceptors (Lipinski definition) is 5. The minimum Gasteiger partial charge on any atom is -0.505 e. The van der Waals surface area contributed by atoms with Gasteiger partial charge in [0.25, 0.3) is 0 Å². The number of halogens is 3. The van der Waals surface area contributed by atoms with Crippen molar-refractivity contribution >= 4 is 22.5 Å². The van der Waals surface area contributed by atoms with E-state index in [9.17, 15) is 23.1 Å². The van der Waals surface area contributed by atoms with Crippen molar-refractivity contribution in [2.75, 3.05) is 38.0 Å². The maximum atomic E-state index is 13.2. The summed E-state index contributed by atoms with van der Waals surface area (Å²) >= 11 is 0. The van der Waals surface area contributed by atoms with Gasteiger partial charge in [0, 0.05) is 50.2 Å². The molecule has 9 heteroatoms. The van der Waals surface area contributed by atoms with Crippen molar-refractivity contribution in [3.63, 3.8) is 0 Å². The normalized spacial score (nSPS) is 16.5. The lowest BCUT2D eigenvalue weighted by atomic mass is 9.92. The molecular weight excluding hydrogens is 445 g/mol. The lowest BCUT2D eigenvalue weighted by Crippen LogP contribution is -2.47. The van der Waals surface area contributed by atoms with Crippen LogP contribution in [-0.2, 0) is 11.0 Å². The summed E-state index contributed by atoms with van der Waals surface area (Å²) in [7, 11) is 0. The summed E-state index contributed by atoms with van der Waals surface area (Å²) in [5.41, 5.74) is 1.20. The van der Waals surface area contributed by atoms with E-state index < -0.39 is 17.8 Å². The number of nitrogens with one attached hydrogen (secondary N) is 1. The molecule has 1 aliphatic heterocycles. The predicted molar refractivity (Wildman–Crippen MR) is 125 cm³/mol. The number of aromatic hydroxyl groups is 1. The van der Waals surface area contributed by atoms with Gasteiger partial charge in [0.2, 0.25) is 5.91 Å². The van der Waals surface area contributed by atoms with Gasteiger partial charge < -0.3 is 15.3 Å². The molecule has 180 valence electrons. The third kappa shape index (κ3) is 4.85. The molecule has 0 radical (unpaired) electrons. The summed E-state index contributed by atoms with van der Waals surface area (Å²) in [4.78, 5) is 20.6. The van der Waals surface area contributed by atoms with E-state index in [-0.39, 0.29) is 11.7 Å². The number of carbonyl (C=O) groups is 1. The number of piperazine rings is 1. The molecule has 1 amide bonds. The molecule has 2 N–H and O–H groups in total. The van der Waals surface area contributed by atoms with Crippen LogP contribution >= 0.6 is 0 Å². The van der Waals surface area contributed by atoms with Gasteiger partial charge in [0.05, 0.1) is 17.3 Å². The number of carbonyl (C=O) groups excluding carboxylic acids is 1. The van der Waals surface area contributed by atoms with Gasteiger partial charge >= 0.3 is 6.18 Å². The first kappa shape index (κ1) is 24.0. The molecule has 0 saturated carbocycles. The van der Waals surface area contributed by atoms with Crippen LogP contribution in [0.4, 0.5) is 18.9 Å². The van der Waals surface area contributed by atoms with Crippen molar-refractivity contribution < 1.29 is 23.1 Å². The van der Waals surface area contributed by atoms with Crippen LogP contribution < -0.4 is 5.32 Å². The van der Waals surface area contributed by atoms with Gasteiger partial charge in [-0.3, -0.25) is 14.7 Å². The molecule has 0 aliphatic carbocycles. The molecule has 1 fully saturated rings. The molecule has 0 bridgehead atoms. The van der Waals surface area contributed by atoms with Gasteiger partial charge in [-0.05, 0) is 42.4 Å². The Morgan fingerprint density at radius 2 is 1.82 bits per heavy atom. The second kappa shape index (κ2) is 9.60. The van der Waals surface area contributed by atoms with E-state index in [1.807, 2.05) is 0 Å². The standard InChI is InChI=1S/C25H27F3N4O2/c1-3-31-11-13-32(14-12-31)23(17-6-8-18(9-7-17)25(26,27)28)20-15-21(30-16(2)33)19-5-4-10-29-22(19)24(20)34/h4-10,15,23,34H,3,11-14H2,1-2H3,(H,30,33). The molecular formula is C25H27F3N4O2. The van der Waals surface area contributed by atoms with E-state index in [1.165, 1.54) is 19.1 Å². The maximum absolute atomic E-state index is 13.2. The van der Waals surface area contributed by atoms with Crippen LogP contribution in [0.5, 0.6) is 5.75 Å². The van der Waals surface area contributed by atoms with Gasteiger partial charge in [0.1, 0.15) is 11.3 Å². The minimum absolute atomic E-state index is 0.0486. The van der Waals surface area contributed by atoms with Gasteiger partial charge in [-0.25, -0.2) is 0 Å². The van der Waals surface area contributed by atoms with Crippen molar-refractivity contribution in [1.82, 2.24) is 14.8 Å². The summed E-state index contributed by atoms with van der Waals surface area (Å²) in [6.07, 6.45) is -2.88. The van der Waals surface area contributed by atoms with E-state index in [0.717, 1.165) is 31.8 Å². The van der Waals surface area contributed by atoms with Gasteiger partial charge in [-0.2, -0.15) is 13.2 Å². The van der Waals surface area contributed by atoms with Crippen molar-refractivity contribution in [2.45, 2.75) is 26.1 Å². The van der Waals surface area contributed by atoms with E-state index in [4.69, 9.17) is 0 Å². The van der Waals surface area contributed by atoms with Crippen molar-refractivity contribution in [2.24, 2.45) is 0 Å². The Morgan fingerprint density at radius 3 is 2.41 bits per heavy atom. The van der Waals surface area contributed by atoms with Gasteiger partial charge in [-0.1, -0.05) is 19.1 Å². The van der Waals surface area contributed by atoms with E-state index in [2.05, 4.69) is 27.0 Å². The van der Waals surface area contributed by atoms with Crippen LogP contribution in [0.2, 0.25) is 0 Å². The number of hydrogen-bond donors (Lipinski definition) is 2. The highest BCUT2D eigenvalue weighted by Gasteiger charge is 2.33. The number of aromatic nitrogens is 1. The van der Waals surface area contributed by atoms with Crippen LogP contribution in [-0.4, -0.2) is 58.5 Å². The fourth-order valence-corrected chi connectivity index (χ4v) is 4.53. The fourth-order valence-electron chi connectivity index (χ4n) is 4.53. The fraction of sp³-hybridized carbons (Fsp3) is 0.360. The minimum atomic E-state index is -4.44.